The number of hydrogen-bond donors (Lipinski definition) is 1. The van der Waals surface area contributed by atoms with Crippen molar-refractivity contribution in [1.82, 2.24) is 9.88 Å². The Morgan fingerprint density at radius 1 is 1.27 bits per heavy atom. The third-order valence-electron chi connectivity index (χ3n) is 5.01. The van der Waals surface area contributed by atoms with Gasteiger partial charge in [0.25, 0.3) is 5.91 Å². The number of aliphatic carboxylic acids is 1. The molecule has 0 unspecified atom stereocenters. The Morgan fingerprint density at radius 3 is 2.50 bits per heavy atom. The highest BCUT2D eigenvalue weighted by Crippen LogP contribution is 2.36. The Bertz CT molecular complexity index is 944. The SMILES string of the molecule is Cc1occc1C(=O)N1CC[C@H]2[C@H]1CC(=O)N2c1cccnc1.O=C(O)C(F)(F)F. The lowest BCUT2D eigenvalue weighted by molar-refractivity contribution is -0.192. The number of carboxylic acid groups (broad SMARTS) is 1. The Hall–Kier alpha value is -3.37. The minimum Gasteiger partial charge on any atom is -0.475 e. The lowest BCUT2D eigenvalue weighted by atomic mass is 10.1. The number of halogens is 3. The van der Waals surface area contributed by atoms with Crippen LogP contribution in [0, 0.1) is 6.92 Å². The van der Waals surface area contributed by atoms with Crippen LogP contribution < -0.4 is 4.90 Å². The van der Waals surface area contributed by atoms with E-state index >= 15 is 0 Å². The number of fused-ring (bicyclic) bond motifs is 1. The van der Waals surface area contributed by atoms with Crippen LogP contribution in [0.2, 0.25) is 0 Å². The van der Waals surface area contributed by atoms with Gasteiger partial charge in [0.2, 0.25) is 5.91 Å². The second-order valence-corrected chi connectivity index (χ2v) is 6.79. The van der Waals surface area contributed by atoms with Crippen LogP contribution in [0.4, 0.5) is 18.9 Å². The van der Waals surface area contributed by atoms with Gasteiger partial charge in [0.15, 0.2) is 0 Å². The molecule has 2 aromatic heterocycles. The lowest BCUT2D eigenvalue weighted by Gasteiger charge is -2.25. The zero-order valence-corrected chi connectivity index (χ0v) is 15.8. The summed E-state index contributed by atoms with van der Waals surface area (Å²) in [6.45, 7) is 2.44. The maximum absolute atomic E-state index is 12.7. The molecule has 2 aliphatic heterocycles. The van der Waals surface area contributed by atoms with Gasteiger partial charge in [-0.25, -0.2) is 4.79 Å². The molecule has 160 valence electrons. The van der Waals surface area contributed by atoms with Gasteiger partial charge in [-0.15, -0.1) is 0 Å². The van der Waals surface area contributed by atoms with Crippen LogP contribution in [0.3, 0.4) is 0 Å². The molecule has 1 N–H and O–H groups in total. The highest BCUT2D eigenvalue weighted by molar-refractivity contribution is 6.00. The van der Waals surface area contributed by atoms with Crippen LogP contribution in [-0.4, -0.2) is 57.6 Å². The fourth-order valence-corrected chi connectivity index (χ4v) is 3.69. The Labute approximate surface area is 168 Å². The second kappa shape index (κ2) is 8.17. The third-order valence-corrected chi connectivity index (χ3v) is 5.01. The van der Waals surface area contributed by atoms with Crippen LogP contribution in [0.25, 0.3) is 0 Å². The molecule has 2 aromatic rings. The minimum absolute atomic E-state index is 0.0304. The highest BCUT2D eigenvalue weighted by Gasteiger charge is 2.49. The van der Waals surface area contributed by atoms with Gasteiger partial charge in [0, 0.05) is 19.2 Å². The van der Waals surface area contributed by atoms with Gasteiger partial charge in [-0.1, -0.05) is 0 Å². The number of anilines is 1. The zero-order chi connectivity index (χ0) is 22.1. The maximum Gasteiger partial charge on any atom is 0.490 e. The number of rotatable bonds is 2. The molecule has 0 aromatic carbocycles. The van der Waals surface area contributed by atoms with E-state index in [1.807, 2.05) is 17.0 Å². The first-order valence-electron chi connectivity index (χ1n) is 8.98. The molecule has 0 bridgehead atoms. The van der Waals surface area contributed by atoms with Crippen LogP contribution in [0.1, 0.15) is 29.0 Å². The first kappa shape index (κ1) is 21.3. The van der Waals surface area contributed by atoms with Crippen molar-refractivity contribution in [3.8, 4) is 0 Å². The molecule has 2 aliphatic rings. The number of pyridine rings is 1. The number of amides is 2. The molecule has 30 heavy (non-hydrogen) atoms. The lowest BCUT2D eigenvalue weighted by Crippen LogP contribution is -2.40. The number of carbonyl (C=O) groups is 3. The Morgan fingerprint density at radius 2 is 1.97 bits per heavy atom. The topological polar surface area (TPSA) is 104 Å². The predicted octanol–water partition coefficient (Wildman–Crippen LogP) is 2.64. The summed E-state index contributed by atoms with van der Waals surface area (Å²) >= 11 is 0. The summed E-state index contributed by atoms with van der Waals surface area (Å²) in [5.41, 5.74) is 1.39. The van der Waals surface area contributed by atoms with Gasteiger partial charge in [-0.05, 0) is 31.5 Å². The molecule has 2 atom stereocenters. The molecular weight excluding hydrogens is 407 g/mol. The van der Waals surface area contributed by atoms with E-state index in [1.54, 1.807) is 30.3 Å². The molecule has 0 spiro atoms. The standard InChI is InChI=1S/C17H17N3O3.C2HF3O2/c1-11-13(5-8-23-11)17(22)19-7-4-14-15(19)9-16(21)20(14)12-3-2-6-18-10-12;3-2(4,5)1(6)7/h2-3,5-6,8,10,14-15H,4,7,9H2,1H3;(H,6,7)/t14-,15+;/m0./s1. The van der Waals surface area contributed by atoms with Crippen LogP contribution in [0.5, 0.6) is 0 Å². The number of nitrogens with zero attached hydrogens (tertiary/aromatic N) is 3. The van der Waals surface area contributed by atoms with Crippen molar-refractivity contribution >= 4 is 23.5 Å². The number of aromatic nitrogens is 1. The van der Waals surface area contributed by atoms with Crippen molar-refractivity contribution in [3.63, 3.8) is 0 Å². The van der Waals surface area contributed by atoms with Gasteiger partial charge >= 0.3 is 12.1 Å². The smallest absolute Gasteiger partial charge is 0.475 e. The number of carboxylic acids is 1. The summed E-state index contributed by atoms with van der Waals surface area (Å²) in [7, 11) is 0. The van der Waals surface area contributed by atoms with Gasteiger partial charge in [0.1, 0.15) is 5.76 Å². The predicted molar refractivity (Wildman–Crippen MR) is 96.7 cm³/mol. The van der Waals surface area contributed by atoms with E-state index in [9.17, 15) is 22.8 Å². The molecule has 2 saturated heterocycles. The summed E-state index contributed by atoms with van der Waals surface area (Å²) in [6, 6.07) is 5.36. The fourth-order valence-electron chi connectivity index (χ4n) is 3.69. The van der Waals surface area contributed by atoms with E-state index in [-0.39, 0.29) is 23.9 Å². The molecule has 0 radical (unpaired) electrons. The second-order valence-electron chi connectivity index (χ2n) is 6.79. The van der Waals surface area contributed by atoms with E-state index in [2.05, 4.69) is 4.98 Å². The molecule has 4 rings (SSSR count). The van der Waals surface area contributed by atoms with Crippen molar-refractivity contribution in [2.45, 2.75) is 38.0 Å². The van der Waals surface area contributed by atoms with E-state index in [1.165, 1.54) is 6.26 Å². The van der Waals surface area contributed by atoms with E-state index in [0.717, 1.165) is 12.1 Å². The van der Waals surface area contributed by atoms with Crippen molar-refractivity contribution in [2.75, 3.05) is 11.4 Å². The van der Waals surface area contributed by atoms with E-state index < -0.39 is 12.1 Å². The van der Waals surface area contributed by atoms with Gasteiger partial charge in [-0.2, -0.15) is 13.2 Å². The fraction of sp³-hybridized carbons (Fsp3) is 0.368. The average molecular weight is 425 g/mol. The molecule has 8 nitrogen and oxygen atoms in total. The summed E-state index contributed by atoms with van der Waals surface area (Å²) < 4.78 is 37.0. The van der Waals surface area contributed by atoms with E-state index in [0.29, 0.717) is 24.3 Å². The van der Waals surface area contributed by atoms with Crippen molar-refractivity contribution in [1.29, 1.82) is 0 Å². The molecule has 2 amide bonds. The van der Waals surface area contributed by atoms with Crippen LogP contribution >= 0.6 is 0 Å². The largest absolute Gasteiger partial charge is 0.490 e. The first-order chi connectivity index (χ1) is 14.1. The molecule has 0 saturated carbocycles. The van der Waals surface area contributed by atoms with Crippen molar-refractivity contribution in [3.05, 3.63) is 48.2 Å². The zero-order valence-electron chi connectivity index (χ0n) is 15.8. The summed E-state index contributed by atoms with van der Waals surface area (Å²) in [5.74, 6) is -2.14. The van der Waals surface area contributed by atoms with Crippen LogP contribution in [0.15, 0.2) is 41.3 Å². The quantitative estimate of drug-likeness (QED) is 0.793. The minimum atomic E-state index is -5.08. The summed E-state index contributed by atoms with van der Waals surface area (Å²) in [5, 5.41) is 7.12. The van der Waals surface area contributed by atoms with Crippen molar-refractivity contribution in [2.24, 2.45) is 0 Å². The monoisotopic (exact) mass is 425 g/mol. The highest BCUT2D eigenvalue weighted by atomic mass is 19.4. The maximum atomic E-state index is 12.7. The molecule has 4 heterocycles. The van der Waals surface area contributed by atoms with Gasteiger partial charge < -0.3 is 19.3 Å². The molecule has 0 aliphatic carbocycles. The van der Waals surface area contributed by atoms with Gasteiger partial charge in [-0.3, -0.25) is 14.6 Å². The van der Waals surface area contributed by atoms with Crippen LogP contribution in [-0.2, 0) is 9.59 Å². The summed E-state index contributed by atoms with van der Waals surface area (Å²) in [4.78, 5) is 41.8. The molecular formula is C19H18F3N3O5. The number of hydrogen-bond acceptors (Lipinski definition) is 5. The molecule has 11 heteroatoms. The molecule has 2 fully saturated rings. The van der Waals surface area contributed by atoms with Gasteiger partial charge in [0.05, 0.1) is 35.8 Å². The number of alkyl halides is 3. The number of carbonyl (C=O) groups excluding carboxylic acids is 2. The van der Waals surface area contributed by atoms with E-state index in [4.69, 9.17) is 14.3 Å². The Kier molecular flexibility index (Phi) is 5.81. The first-order valence-corrected chi connectivity index (χ1v) is 8.98. The number of aryl methyl sites for hydroxylation is 1. The number of furan rings is 1. The Balaban J connectivity index is 0.000000318. The average Bonchev–Trinajstić information content (AvgIpc) is 3.36. The van der Waals surface area contributed by atoms with Crippen molar-refractivity contribution < 1.29 is 37.1 Å². The third kappa shape index (κ3) is 4.14. The summed E-state index contributed by atoms with van der Waals surface area (Å²) in [6.07, 6.45) is 0.979. The number of likely N-dealkylation sites (tertiary alicyclic amines) is 1. The normalized spacial score (nSPS) is 20.6.